The summed E-state index contributed by atoms with van der Waals surface area (Å²) >= 11 is 0. The molecule has 100 heavy (non-hydrogen) atoms. The molecule has 0 aromatic heterocycles. The second-order valence-electron chi connectivity index (χ2n) is 29.9. The summed E-state index contributed by atoms with van der Waals surface area (Å²) in [5, 5.41) is 10.6. The fourth-order valence-electron chi connectivity index (χ4n) is 12.5. The molecule has 0 radical (unpaired) electrons. The minimum absolute atomic E-state index is 0.105. The molecule has 0 aliphatic carbocycles. The van der Waals surface area contributed by atoms with Crippen LogP contribution in [0.1, 0.15) is 427 Å². The quantitative estimate of drug-likeness (QED) is 0.0222. The van der Waals surface area contributed by atoms with Gasteiger partial charge in [-0.2, -0.15) is 0 Å². The Balaban J connectivity index is 5.23. The number of aliphatic hydroxyl groups excluding tert-OH is 1. The number of hydrogen-bond donors (Lipinski definition) is 3. The summed E-state index contributed by atoms with van der Waals surface area (Å²) in [6.07, 6.45) is 62.5. The molecule has 594 valence electrons. The summed E-state index contributed by atoms with van der Waals surface area (Å²) in [6, 6.07) is 0. The number of carbonyl (C=O) groups is 4. The Morgan fingerprint density at radius 2 is 0.510 bits per heavy atom. The molecule has 0 amide bonds. The van der Waals surface area contributed by atoms with E-state index in [4.69, 9.17) is 37.0 Å². The maximum atomic E-state index is 13.1. The van der Waals surface area contributed by atoms with Gasteiger partial charge < -0.3 is 33.8 Å². The highest BCUT2D eigenvalue weighted by Crippen LogP contribution is 2.45. The summed E-state index contributed by atoms with van der Waals surface area (Å²) in [4.78, 5) is 73.0. The Hall–Kier alpha value is -1.94. The zero-order valence-electron chi connectivity index (χ0n) is 65.5. The van der Waals surface area contributed by atoms with Crippen LogP contribution in [0.15, 0.2) is 0 Å². The van der Waals surface area contributed by atoms with Gasteiger partial charge in [-0.05, 0) is 37.5 Å². The van der Waals surface area contributed by atoms with E-state index in [1.54, 1.807) is 0 Å². The average molecular weight is 1470 g/mol. The molecule has 0 bridgehead atoms. The zero-order chi connectivity index (χ0) is 73.5. The largest absolute Gasteiger partial charge is 0.472 e. The van der Waals surface area contributed by atoms with E-state index in [9.17, 15) is 43.2 Å². The molecule has 0 spiro atoms. The first-order valence-corrected chi connectivity index (χ1v) is 45.0. The minimum Gasteiger partial charge on any atom is -0.462 e. The van der Waals surface area contributed by atoms with Gasteiger partial charge in [-0.1, -0.05) is 375 Å². The van der Waals surface area contributed by atoms with Crippen molar-refractivity contribution in [1.82, 2.24) is 0 Å². The molecule has 0 aliphatic heterocycles. The van der Waals surface area contributed by atoms with Gasteiger partial charge >= 0.3 is 39.5 Å². The lowest BCUT2D eigenvalue weighted by atomic mass is 9.99. The first-order chi connectivity index (χ1) is 48.4. The van der Waals surface area contributed by atoms with Crippen LogP contribution < -0.4 is 0 Å². The number of carbonyl (C=O) groups excluding carboxylic acids is 4. The number of ether oxygens (including phenoxy) is 4. The monoisotopic (exact) mass is 1470 g/mol. The summed E-state index contributed by atoms with van der Waals surface area (Å²) in [7, 11) is -9.92. The third-order valence-electron chi connectivity index (χ3n) is 19.3. The van der Waals surface area contributed by atoms with E-state index in [1.807, 2.05) is 0 Å². The second kappa shape index (κ2) is 72.6. The van der Waals surface area contributed by atoms with Crippen molar-refractivity contribution in [3.05, 3.63) is 0 Å². The van der Waals surface area contributed by atoms with Crippen LogP contribution in [0.5, 0.6) is 0 Å². The first kappa shape index (κ1) is 98.1. The second-order valence-corrected chi connectivity index (χ2v) is 32.8. The van der Waals surface area contributed by atoms with E-state index in [1.165, 1.54) is 244 Å². The van der Waals surface area contributed by atoms with Crippen LogP contribution in [0.4, 0.5) is 0 Å². The maximum absolute atomic E-state index is 13.1. The van der Waals surface area contributed by atoms with E-state index in [-0.39, 0.29) is 25.7 Å². The van der Waals surface area contributed by atoms with E-state index in [0.717, 1.165) is 102 Å². The molecule has 0 saturated carbocycles. The molecular weight excluding hydrogens is 1310 g/mol. The van der Waals surface area contributed by atoms with Crippen LogP contribution >= 0.6 is 15.6 Å². The molecular formula is C81H158O17P2. The molecule has 0 saturated heterocycles. The molecule has 0 heterocycles. The Morgan fingerprint density at radius 3 is 0.760 bits per heavy atom. The third kappa shape index (κ3) is 73.0. The molecule has 19 heteroatoms. The van der Waals surface area contributed by atoms with E-state index in [0.29, 0.717) is 25.7 Å². The Labute approximate surface area is 613 Å². The molecule has 0 aliphatic rings. The van der Waals surface area contributed by atoms with Crippen LogP contribution in [-0.4, -0.2) is 96.7 Å². The van der Waals surface area contributed by atoms with Crippen LogP contribution in [0.3, 0.4) is 0 Å². The van der Waals surface area contributed by atoms with Crippen molar-refractivity contribution in [1.29, 1.82) is 0 Å². The summed E-state index contributed by atoms with van der Waals surface area (Å²) in [5.41, 5.74) is 0. The summed E-state index contributed by atoms with van der Waals surface area (Å²) in [6.45, 7) is 9.59. The van der Waals surface area contributed by atoms with Crippen molar-refractivity contribution in [3.63, 3.8) is 0 Å². The van der Waals surface area contributed by atoms with Crippen molar-refractivity contribution >= 4 is 39.5 Å². The Morgan fingerprint density at radius 1 is 0.290 bits per heavy atom. The van der Waals surface area contributed by atoms with Crippen LogP contribution in [0.2, 0.25) is 0 Å². The highest BCUT2D eigenvalue weighted by molar-refractivity contribution is 7.47. The molecule has 3 N–H and O–H groups in total. The number of aliphatic hydroxyl groups is 1. The zero-order valence-corrected chi connectivity index (χ0v) is 67.3. The highest BCUT2D eigenvalue weighted by atomic mass is 31.2. The van der Waals surface area contributed by atoms with Gasteiger partial charge in [-0.3, -0.25) is 37.3 Å². The lowest BCUT2D eigenvalue weighted by Crippen LogP contribution is -2.30. The first-order valence-electron chi connectivity index (χ1n) is 42.0. The fraction of sp³-hybridized carbons (Fsp3) is 0.951. The van der Waals surface area contributed by atoms with Crippen molar-refractivity contribution < 1.29 is 80.2 Å². The smallest absolute Gasteiger partial charge is 0.462 e. The van der Waals surface area contributed by atoms with Crippen LogP contribution in [0.25, 0.3) is 0 Å². The number of phosphoric acid groups is 2. The molecule has 0 aromatic rings. The molecule has 3 unspecified atom stereocenters. The number of phosphoric ester groups is 2. The fourth-order valence-corrected chi connectivity index (χ4v) is 14.1. The number of unbranched alkanes of at least 4 members (excludes halogenated alkanes) is 49. The molecule has 0 rings (SSSR count). The van der Waals surface area contributed by atoms with Gasteiger partial charge in [-0.15, -0.1) is 0 Å². The van der Waals surface area contributed by atoms with Gasteiger partial charge in [0.05, 0.1) is 26.4 Å². The molecule has 0 fully saturated rings. The summed E-state index contributed by atoms with van der Waals surface area (Å²) < 4.78 is 68.7. The predicted molar refractivity (Wildman–Crippen MR) is 409 cm³/mol. The maximum Gasteiger partial charge on any atom is 0.472 e. The van der Waals surface area contributed by atoms with E-state index >= 15 is 0 Å². The Kier molecular flexibility index (Phi) is 71.2. The highest BCUT2D eigenvalue weighted by Gasteiger charge is 2.30. The van der Waals surface area contributed by atoms with Crippen LogP contribution in [-0.2, 0) is 65.4 Å². The van der Waals surface area contributed by atoms with E-state index < -0.39 is 97.5 Å². The van der Waals surface area contributed by atoms with Gasteiger partial charge in [0.15, 0.2) is 12.2 Å². The lowest BCUT2D eigenvalue weighted by molar-refractivity contribution is -0.161. The van der Waals surface area contributed by atoms with Crippen LogP contribution in [0, 0.1) is 11.8 Å². The van der Waals surface area contributed by atoms with Gasteiger partial charge in [0.2, 0.25) is 0 Å². The Bertz CT molecular complexity index is 1930. The number of esters is 4. The van der Waals surface area contributed by atoms with Gasteiger partial charge in [-0.25, -0.2) is 9.13 Å². The lowest BCUT2D eigenvalue weighted by Gasteiger charge is -2.21. The minimum atomic E-state index is -4.96. The molecule has 17 nitrogen and oxygen atoms in total. The van der Waals surface area contributed by atoms with Crippen molar-refractivity contribution in [3.8, 4) is 0 Å². The third-order valence-corrected chi connectivity index (χ3v) is 21.2. The summed E-state index contributed by atoms with van der Waals surface area (Å²) in [5.74, 6) is -0.616. The standard InChI is InChI=1S/C81H158O17P2/c1-7-10-12-14-16-18-20-22-24-26-27-28-29-30-32-34-36-38-47-53-59-65-80(85)97-76(69-91-78(83)63-57-51-45-37-35-33-31-25-23-21-19-17-15-13-11-8-2)71-95-99(87,88)93-67-75(82)68-94-100(89,90)96-72-77(70-92-79(84)64-58-52-46-41-39-43-49-55-61-73(4)5)98-81(86)66-60-54-48-42-40-44-50-56-62-74(6)9-3/h73-77,82H,7-72H2,1-6H3,(H,87,88)(H,89,90)/t74?,75-,76-,77-/m1/s1. The number of hydrogen-bond acceptors (Lipinski definition) is 15. The van der Waals surface area contributed by atoms with Crippen molar-refractivity contribution in [2.45, 2.75) is 445 Å². The normalized spacial score (nSPS) is 14.2. The van der Waals surface area contributed by atoms with Gasteiger partial charge in [0, 0.05) is 25.7 Å². The number of rotatable bonds is 80. The van der Waals surface area contributed by atoms with Crippen molar-refractivity contribution in [2.24, 2.45) is 11.8 Å². The van der Waals surface area contributed by atoms with Crippen molar-refractivity contribution in [2.75, 3.05) is 39.6 Å². The van der Waals surface area contributed by atoms with E-state index in [2.05, 4.69) is 41.5 Å². The topological polar surface area (TPSA) is 237 Å². The molecule has 6 atom stereocenters. The van der Waals surface area contributed by atoms with Gasteiger partial charge in [0.1, 0.15) is 19.3 Å². The molecule has 0 aromatic carbocycles. The van der Waals surface area contributed by atoms with Gasteiger partial charge in [0.25, 0.3) is 0 Å². The SMILES string of the molecule is CCCCCCCCCCCCCCCCCCCCCCCC(=O)O[C@H](COC(=O)CCCCCCCCCCCCCCCCCC)COP(=O)(O)OC[C@@H](O)COP(=O)(O)OC[C@@H](COC(=O)CCCCCCCCCCC(C)C)OC(=O)CCCCCCCCCCC(C)CC. The average Bonchev–Trinajstić information content (AvgIpc) is 0.924. The predicted octanol–water partition coefficient (Wildman–Crippen LogP) is 24.3.